The first-order valence-electron chi connectivity index (χ1n) is 8.80. The maximum atomic E-state index is 12.1. The molecule has 2 amide bonds. The Hall–Kier alpha value is -3.13. The number of rotatable bonds is 6. The van der Waals surface area contributed by atoms with E-state index in [1.807, 2.05) is 36.6 Å². The van der Waals surface area contributed by atoms with Gasteiger partial charge in [-0.05, 0) is 42.5 Å². The molecule has 2 aromatic heterocycles. The van der Waals surface area contributed by atoms with E-state index in [0.29, 0.717) is 6.42 Å². The van der Waals surface area contributed by atoms with Crippen molar-refractivity contribution in [2.45, 2.75) is 26.7 Å². The van der Waals surface area contributed by atoms with Crippen LogP contribution in [0.15, 0.2) is 35.7 Å². The number of ether oxygens (including phenoxy) is 1. The summed E-state index contributed by atoms with van der Waals surface area (Å²) >= 11 is 1.63. The van der Waals surface area contributed by atoms with E-state index in [-0.39, 0.29) is 6.42 Å². The summed E-state index contributed by atoms with van der Waals surface area (Å²) in [5, 5.41) is 3.09. The number of hydrogen-bond acceptors (Lipinski definition) is 5. The van der Waals surface area contributed by atoms with E-state index in [1.165, 1.54) is 6.92 Å². The second kappa shape index (κ2) is 8.71. The second-order valence-electron chi connectivity index (χ2n) is 6.39. The number of amides is 2. The van der Waals surface area contributed by atoms with E-state index in [2.05, 4.69) is 21.9 Å². The average molecular weight is 399 g/mol. The van der Waals surface area contributed by atoms with Gasteiger partial charge in [-0.1, -0.05) is 17.7 Å². The lowest BCUT2D eigenvalue weighted by Crippen LogP contribution is -2.42. The number of H-pyrrole nitrogens is 1. The Bertz CT molecular complexity index is 1010. The van der Waals surface area contributed by atoms with Gasteiger partial charge in [-0.3, -0.25) is 25.2 Å². The van der Waals surface area contributed by atoms with Crippen molar-refractivity contribution in [3.63, 3.8) is 0 Å². The second-order valence-corrected chi connectivity index (χ2v) is 7.34. The molecule has 0 radical (unpaired) electrons. The van der Waals surface area contributed by atoms with Crippen molar-refractivity contribution in [3.8, 4) is 10.6 Å². The molecule has 0 aliphatic carbocycles. The highest BCUT2D eigenvalue weighted by molar-refractivity contribution is 7.13. The Labute approximate surface area is 166 Å². The van der Waals surface area contributed by atoms with Crippen molar-refractivity contribution < 1.29 is 19.1 Å². The molecule has 0 fully saturated rings. The number of hydrazine groups is 1. The minimum Gasteiger partial charge on any atom is -0.455 e. The van der Waals surface area contributed by atoms with Crippen molar-refractivity contribution in [1.29, 1.82) is 0 Å². The van der Waals surface area contributed by atoms with E-state index in [4.69, 9.17) is 4.74 Å². The van der Waals surface area contributed by atoms with Crippen LogP contribution >= 0.6 is 11.3 Å². The standard InChI is InChI=1S/C20H21N3O4S/c1-12-5-7-16-15(10-12)14(20(21-16)17-4-3-9-28-17)6-8-19(26)27-11-18(25)23-22-13(2)24/h3-5,7,9-10,21H,6,8,11H2,1-2H3,(H,22,24)(H,23,25). The molecule has 1 aromatic carbocycles. The smallest absolute Gasteiger partial charge is 0.306 e. The third kappa shape index (κ3) is 4.77. The summed E-state index contributed by atoms with van der Waals surface area (Å²) in [5.41, 5.74) is 8.51. The molecule has 7 nitrogen and oxygen atoms in total. The molecule has 3 rings (SSSR count). The molecule has 0 aliphatic rings. The molecular formula is C20H21N3O4S. The third-order valence-corrected chi connectivity index (χ3v) is 5.04. The topological polar surface area (TPSA) is 100 Å². The minimum atomic E-state index is -0.592. The van der Waals surface area contributed by atoms with E-state index >= 15 is 0 Å². The molecule has 0 spiro atoms. The molecule has 2 heterocycles. The average Bonchev–Trinajstić information content (AvgIpc) is 3.30. The molecule has 0 saturated heterocycles. The van der Waals surface area contributed by atoms with Crippen LogP contribution in [0.5, 0.6) is 0 Å². The van der Waals surface area contributed by atoms with Gasteiger partial charge in [0, 0.05) is 24.2 Å². The lowest BCUT2D eigenvalue weighted by Gasteiger charge is -2.07. The molecular weight excluding hydrogens is 378 g/mol. The number of fused-ring (bicyclic) bond motifs is 1. The van der Waals surface area contributed by atoms with Crippen molar-refractivity contribution >= 4 is 40.0 Å². The lowest BCUT2D eigenvalue weighted by molar-refractivity contribution is -0.148. The van der Waals surface area contributed by atoms with Crippen molar-refractivity contribution in [1.82, 2.24) is 15.8 Å². The highest BCUT2D eigenvalue weighted by Crippen LogP contribution is 2.34. The van der Waals surface area contributed by atoms with Crippen molar-refractivity contribution in [2.75, 3.05) is 6.61 Å². The molecule has 3 N–H and O–H groups in total. The maximum absolute atomic E-state index is 12.1. The maximum Gasteiger partial charge on any atom is 0.306 e. The van der Waals surface area contributed by atoms with Gasteiger partial charge >= 0.3 is 5.97 Å². The van der Waals surface area contributed by atoms with Crippen LogP contribution in [0, 0.1) is 6.92 Å². The predicted octanol–water partition coefficient (Wildman–Crippen LogP) is 2.85. The molecule has 0 atom stereocenters. The fourth-order valence-electron chi connectivity index (χ4n) is 2.89. The highest BCUT2D eigenvalue weighted by atomic mass is 32.1. The van der Waals surface area contributed by atoms with Crippen molar-refractivity contribution in [2.24, 2.45) is 0 Å². The van der Waals surface area contributed by atoms with Crippen LogP contribution in [0.3, 0.4) is 0 Å². The summed E-state index contributed by atoms with van der Waals surface area (Å²) in [6, 6.07) is 10.2. The van der Waals surface area contributed by atoms with Gasteiger partial charge in [-0.15, -0.1) is 11.3 Å². The number of carbonyl (C=O) groups excluding carboxylic acids is 3. The minimum absolute atomic E-state index is 0.146. The molecule has 3 aromatic rings. The Kier molecular flexibility index (Phi) is 6.10. The number of aromatic nitrogens is 1. The zero-order chi connectivity index (χ0) is 20.1. The summed E-state index contributed by atoms with van der Waals surface area (Å²) in [6.45, 7) is 2.85. The number of esters is 1. The van der Waals surface area contributed by atoms with Crippen LogP contribution in [-0.2, 0) is 25.5 Å². The van der Waals surface area contributed by atoms with Crippen LogP contribution in [0.1, 0.15) is 24.5 Å². The summed E-state index contributed by atoms with van der Waals surface area (Å²) in [7, 11) is 0. The summed E-state index contributed by atoms with van der Waals surface area (Å²) in [4.78, 5) is 38.9. The monoisotopic (exact) mass is 399 g/mol. The van der Waals surface area contributed by atoms with Gasteiger partial charge in [-0.25, -0.2) is 0 Å². The number of carbonyl (C=O) groups is 3. The summed E-state index contributed by atoms with van der Waals surface area (Å²) in [5.74, 6) is -1.47. The number of aryl methyl sites for hydroxylation is 2. The normalized spacial score (nSPS) is 10.6. The van der Waals surface area contributed by atoms with E-state index in [9.17, 15) is 14.4 Å². The number of hydrogen-bond donors (Lipinski definition) is 3. The van der Waals surface area contributed by atoms with Crippen LogP contribution < -0.4 is 10.9 Å². The quantitative estimate of drug-likeness (QED) is 0.438. The Morgan fingerprint density at radius 2 is 2.00 bits per heavy atom. The summed E-state index contributed by atoms with van der Waals surface area (Å²) < 4.78 is 4.99. The van der Waals surface area contributed by atoms with Gasteiger partial charge in [0.05, 0.1) is 10.6 Å². The van der Waals surface area contributed by atoms with Crippen LogP contribution in [-0.4, -0.2) is 29.4 Å². The molecule has 0 unspecified atom stereocenters. The van der Waals surface area contributed by atoms with Gasteiger partial charge < -0.3 is 9.72 Å². The van der Waals surface area contributed by atoms with E-state index < -0.39 is 24.4 Å². The van der Waals surface area contributed by atoms with Gasteiger partial charge in [0.2, 0.25) is 5.91 Å². The molecule has 28 heavy (non-hydrogen) atoms. The number of nitrogens with one attached hydrogen (secondary N) is 3. The van der Waals surface area contributed by atoms with Crippen LogP contribution in [0.25, 0.3) is 21.5 Å². The molecule has 146 valence electrons. The zero-order valence-electron chi connectivity index (χ0n) is 15.6. The fraction of sp³-hybridized carbons (Fsp3) is 0.250. The first kappa shape index (κ1) is 19.6. The molecule has 8 heteroatoms. The zero-order valence-corrected chi connectivity index (χ0v) is 16.4. The van der Waals surface area contributed by atoms with Gasteiger partial charge in [0.25, 0.3) is 5.91 Å². The van der Waals surface area contributed by atoms with E-state index in [0.717, 1.165) is 32.6 Å². The largest absolute Gasteiger partial charge is 0.455 e. The SMILES string of the molecule is CC(=O)NNC(=O)COC(=O)CCc1c(-c2cccs2)[nH]c2ccc(C)cc12. The van der Waals surface area contributed by atoms with Gasteiger partial charge in [-0.2, -0.15) is 0 Å². The first-order chi connectivity index (χ1) is 13.4. The third-order valence-electron chi connectivity index (χ3n) is 4.15. The highest BCUT2D eigenvalue weighted by Gasteiger charge is 2.16. The molecule has 0 bridgehead atoms. The fourth-order valence-corrected chi connectivity index (χ4v) is 3.64. The molecule has 0 saturated carbocycles. The number of aromatic amines is 1. The molecule has 0 aliphatic heterocycles. The first-order valence-corrected chi connectivity index (χ1v) is 9.68. The van der Waals surface area contributed by atoms with Crippen molar-refractivity contribution in [3.05, 3.63) is 46.8 Å². The van der Waals surface area contributed by atoms with Gasteiger partial charge in [0.15, 0.2) is 6.61 Å². The predicted molar refractivity (Wildman–Crippen MR) is 108 cm³/mol. The van der Waals surface area contributed by atoms with E-state index in [1.54, 1.807) is 11.3 Å². The lowest BCUT2D eigenvalue weighted by atomic mass is 10.0. The van der Waals surface area contributed by atoms with Crippen LogP contribution in [0.4, 0.5) is 0 Å². The number of thiophene rings is 1. The Morgan fingerprint density at radius 3 is 2.71 bits per heavy atom. The Morgan fingerprint density at radius 1 is 1.18 bits per heavy atom. The Balaban J connectivity index is 1.69. The van der Waals surface area contributed by atoms with Gasteiger partial charge in [0.1, 0.15) is 0 Å². The summed E-state index contributed by atoms with van der Waals surface area (Å²) in [6.07, 6.45) is 0.634. The number of benzene rings is 1. The van der Waals surface area contributed by atoms with Crippen LogP contribution in [0.2, 0.25) is 0 Å².